The van der Waals surface area contributed by atoms with E-state index in [2.05, 4.69) is 17.6 Å². The number of anilines is 1. The molecule has 0 unspecified atom stereocenters. The minimum atomic E-state index is 0.180. The molecule has 0 fully saturated rings. The highest BCUT2D eigenvalue weighted by Gasteiger charge is 2.11. The minimum Gasteiger partial charge on any atom is -0.398 e. The van der Waals surface area contributed by atoms with Crippen LogP contribution in [-0.2, 0) is 13.5 Å². The summed E-state index contributed by atoms with van der Waals surface area (Å²) >= 11 is 4.37. The molecule has 0 aliphatic rings. The van der Waals surface area contributed by atoms with Gasteiger partial charge in [-0.15, -0.1) is 12.6 Å². The van der Waals surface area contributed by atoms with E-state index in [0.717, 1.165) is 28.2 Å². The molecule has 4 nitrogen and oxygen atoms in total. The van der Waals surface area contributed by atoms with Crippen molar-refractivity contribution in [3.8, 4) is 0 Å². The molecular formula is C11H15N3OS. The van der Waals surface area contributed by atoms with Gasteiger partial charge >= 0.3 is 0 Å². The summed E-state index contributed by atoms with van der Waals surface area (Å²) in [5.41, 5.74) is 8.27. The highest BCUT2D eigenvalue weighted by molar-refractivity contribution is 7.80. The number of hydrogen-bond acceptors (Lipinski definition) is 4. The molecule has 1 aromatic heterocycles. The Hall–Kier alpha value is -1.20. The molecule has 0 aliphatic carbocycles. The second kappa shape index (κ2) is 4.35. The van der Waals surface area contributed by atoms with Crippen molar-refractivity contribution in [3.63, 3.8) is 0 Å². The zero-order chi connectivity index (χ0) is 11.7. The van der Waals surface area contributed by atoms with Gasteiger partial charge in [-0.3, -0.25) is 0 Å². The number of benzene rings is 1. The number of hydrogen-bond donors (Lipinski definition) is 3. The van der Waals surface area contributed by atoms with E-state index in [1.807, 2.05) is 23.7 Å². The van der Waals surface area contributed by atoms with Gasteiger partial charge in [0.15, 0.2) is 0 Å². The Bertz CT molecular complexity index is 521. The maximum atomic E-state index is 8.82. The van der Waals surface area contributed by atoms with E-state index in [1.54, 1.807) is 0 Å². The standard InChI is InChI=1S/C11H15N3OS/c1-14-8-5-4-7(12)11(16)10(8)13-9(14)3-2-6-15/h4-5,15-16H,2-3,6,12H2,1H3. The number of aromatic nitrogens is 2. The van der Waals surface area contributed by atoms with Gasteiger partial charge in [0.05, 0.1) is 10.4 Å². The molecule has 0 saturated heterocycles. The van der Waals surface area contributed by atoms with Gasteiger partial charge in [0, 0.05) is 25.8 Å². The Morgan fingerprint density at radius 2 is 2.25 bits per heavy atom. The van der Waals surface area contributed by atoms with Crippen LogP contribution < -0.4 is 5.73 Å². The first kappa shape index (κ1) is 11.3. The number of aryl methyl sites for hydroxylation is 2. The van der Waals surface area contributed by atoms with Gasteiger partial charge in [-0.25, -0.2) is 4.98 Å². The highest BCUT2D eigenvalue weighted by atomic mass is 32.1. The van der Waals surface area contributed by atoms with Crippen molar-refractivity contribution in [1.82, 2.24) is 9.55 Å². The molecule has 1 aromatic carbocycles. The fraction of sp³-hybridized carbons (Fsp3) is 0.364. The van der Waals surface area contributed by atoms with Crippen LogP contribution in [0.4, 0.5) is 5.69 Å². The van der Waals surface area contributed by atoms with Crippen LogP contribution in [0.5, 0.6) is 0 Å². The van der Waals surface area contributed by atoms with Gasteiger partial charge in [-0.2, -0.15) is 0 Å². The highest BCUT2D eigenvalue weighted by Crippen LogP contribution is 2.27. The number of nitrogen functional groups attached to an aromatic ring is 1. The number of thiol groups is 1. The predicted octanol–water partition coefficient (Wildman–Crippen LogP) is 1.37. The van der Waals surface area contributed by atoms with Gasteiger partial charge in [0.25, 0.3) is 0 Å². The summed E-state index contributed by atoms with van der Waals surface area (Å²) in [5.74, 6) is 0.949. The zero-order valence-corrected chi connectivity index (χ0v) is 10.0. The van der Waals surface area contributed by atoms with Crippen LogP contribution in [-0.4, -0.2) is 21.3 Å². The zero-order valence-electron chi connectivity index (χ0n) is 9.14. The first-order chi connectivity index (χ1) is 7.65. The van der Waals surface area contributed by atoms with Crippen molar-refractivity contribution in [3.05, 3.63) is 18.0 Å². The monoisotopic (exact) mass is 237 g/mol. The molecule has 86 valence electrons. The number of fused-ring (bicyclic) bond motifs is 1. The number of rotatable bonds is 3. The molecule has 0 bridgehead atoms. The molecule has 0 spiro atoms. The summed E-state index contributed by atoms with van der Waals surface area (Å²) in [7, 11) is 1.96. The molecule has 0 atom stereocenters. The van der Waals surface area contributed by atoms with Gasteiger partial charge in [-0.1, -0.05) is 0 Å². The number of imidazole rings is 1. The van der Waals surface area contributed by atoms with Crippen LogP contribution >= 0.6 is 12.6 Å². The van der Waals surface area contributed by atoms with E-state index in [1.165, 1.54) is 0 Å². The Labute approximate surface area is 99.5 Å². The summed E-state index contributed by atoms with van der Waals surface area (Å²) in [6.45, 7) is 0.180. The van der Waals surface area contributed by atoms with Crippen LogP contribution in [0.1, 0.15) is 12.2 Å². The molecule has 2 rings (SSSR count). The van der Waals surface area contributed by atoms with Crippen molar-refractivity contribution in [1.29, 1.82) is 0 Å². The van der Waals surface area contributed by atoms with Gasteiger partial charge < -0.3 is 15.4 Å². The molecule has 0 radical (unpaired) electrons. The van der Waals surface area contributed by atoms with E-state index in [4.69, 9.17) is 10.8 Å². The molecule has 0 amide bonds. The van der Waals surface area contributed by atoms with E-state index in [0.29, 0.717) is 12.1 Å². The van der Waals surface area contributed by atoms with Crippen LogP contribution in [0.3, 0.4) is 0 Å². The van der Waals surface area contributed by atoms with E-state index >= 15 is 0 Å². The molecule has 5 heteroatoms. The van der Waals surface area contributed by atoms with Crippen molar-refractivity contribution in [2.45, 2.75) is 17.7 Å². The van der Waals surface area contributed by atoms with Crippen LogP contribution in [0, 0.1) is 0 Å². The Morgan fingerprint density at radius 1 is 1.50 bits per heavy atom. The lowest BCUT2D eigenvalue weighted by atomic mass is 10.3. The average molecular weight is 237 g/mol. The third kappa shape index (κ3) is 1.76. The number of aliphatic hydroxyl groups excluding tert-OH is 1. The first-order valence-electron chi connectivity index (χ1n) is 5.18. The lowest BCUT2D eigenvalue weighted by Gasteiger charge is -2.01. The first-order valence-corrected chi connectivity index (χ1v) is 5.63. The second-order valence-corrected chi connectivity index (χ2v) is 4.23. The molecule has 3 N–H and O–H groups in total. The summed E-state index contributed by atoms with van der Waals surface area (Å²) in [6.07, 6.45) is 1.48. The molecule has 2 aromatic rings. The number of nitrogens with two attached hydrogens (primary N) is 1. The summed E-state index contributed by atoms with van der Waals surface area (Å²) in [4.78, 5) is 5.23. The van der Waals surface area contributed by atoms with E-state index in [-0.39, 0.29) is 6.61 Å². The maximum absolute atomic E-state index is 8.82. The third-order valence-corrected chi connectivity index (χ3v) is 3.18. The fourth-order valence-electron chi connectivity index (χ4n) is 1.77. The van der Waals surface area contributed by atoms with Crippen molar-refractivity contribution in [2.24, 2.45) is 7.05 Å². The summed E-state index contributed by atoms with van der Waals surface area (Å²) in [5, 5.41) is 8.82. The second-order valence-electron chi connectivity index (χ2n) is 3.79. The van der Waals surface area contributed by atoms with E-state index in [9.17, 15) is 0 Å². The lowest BCUT2D eigenvalue weighted by molar-refractivity contribution is 0.287. The maximum Gasteiger partial charge on any atom is 0.109 e. The van der Waals surface area contributed by atoms with Crippen molar-refractivity contribution >= 4 is 29.3 Å². The summed E-state index contributed by atoms with van der Waals surface area (Å²) in [6, 6.07) is 3.78. The fourth-order valence-corrected chi connectivity index (χ4v) is 2.01. The van der Waals surface area contributed by atoms with Crippen LogP contribution in [0.15, 0.2) is 17.0 Å². The topological polar surface area (TPSA) is 64.1 Å². The minimum absolute atomic E-state index is 0.180. The lowest BCUT2D eigenvalue weighted by Crippen LogP contribution is -1.99. The van der Waals surface area contributed by atoms with Crippen molar-refractivity contribution in [2.75, 3.05) is 12.3 Å². The van der Waals surface area contributed by atoms with Crippen molar-refractivity contribution < 1.29 is 5.11 Å². The largest absolute Gasteiger partial charge is 0.398 e. The van der Waals surface area contributed by atoms with Crippen LogP contribution in [0.2, 0.25) is 0 Å². The quantitative estimate of drug-likeness (QED) is 0.558. The Balaban J connectivity index is 2.54. The Morgan fingerprint density at radius 3 is 2.94 bits per heavy atom. The molecular weight excluding hydrogens is 222 g/mol. The number of aliphatic hydroxyl groups is 1. The predicted molar refractivity (Wildman–Crippen MR) is 67.8 cm³/mol. The SMILES string of the molecule is Cn1c(CCCO)nc2c(S)c(N)ccc21. The molecule has 0 saturated carbocycles. The summed E-state index contributed by atoms with van der Waals surface area (Å²) < 4.78 is 2.02. The van der Waals surface area contributed by atoms with Gasteiger partial charge in [0.1, 0.15) is 11.3 Å². The van der Waals surface area contributed by atoms with Crippen LogP contribution in [0.25, 0.3) is 11.0 Å². The molecule has 16 heavy (non-hydrogen) atoms. The molecule has 0 aliphatic heterocycles. The average Bonchev–Trinajstić information content (AvgIpc) is 2.59. The number of nitrogens with zero attached hydrogens (tertiary/aromatic N) is 2. The Kier molecular flexibility index (Phi) is 3.07. The van der Waals surface area contributed by atoms with Gasteiger partial charge in [0.2, 0.25) is 0 Å². The smallest absolute Gasteiger partial charge is 0.109 e. The molecule has 1 heterocycles. The third-order valence-electron chi connectivity index (χ3n) is 2.71. The van der Waals surface area contributed by atoms with Gasteiger partial charge in [-0.05, 0) is 18.6 Å². The van der Waals surface area contributed by atoms with E-state index < -0.39 is 0 Å². The normalized spacial score (nSPS) is 11.2.